The summed E-state index contributed by atoms with van der Waals surface area (Å²) >= 11 is 0. The summed E-state index contributed by atoms with van der Waals surface area (Å²) in [7, 11) is 1.30. The van der Waals surface area contributed by atoms with E-state index in [1.807, 2.05) is 0 Å². The monoisotopic (exact) mass is 400 g/mol. The Morgan fingerprint density at radius 1 is 1.34 bits per heavy atom. The van der Waals surface area contributed by atoms with E-state index in [9.17, 15) is 18.0 Å². The Morgan fingerprint density at radius 2 is 2.14 bits per heavy atom. The van der Waals surface area contributed by atoms with Crippen molar-refractivity contribution in [2.75, 3.05) is 0 Å². The summed E-state index contributed by atoms with van der Waals surface area (Å²) in [5, 5.41) is 10.7. The number of aromatic nitrogens is 5. The lowest BCUT2D eigenvalue weighted by Gasteiger charge is -2.13. The third-order valence-corrected chi connectivity index (χ3v) is 4.73. The number of nitrogens with zero attached hydrogens (tertiary/aromatic N) is 5. The third kappa shape index (κ3) is 3.47. The predicted molar refractivity (Wildman–Crippen MR) is 96.0 cm³/mol. The molecule has 29 heavy (non-hydrogen) atoms. The van der Waals surface area contributed by atoms with Crippen LogP contribution in [0.1, 0.15) is 45.6 Å². The summed E-state index contributed by atoms with van der Waals surface area (Å²) in [5.41, 5.74) is 1.57. The second-order valence-corrected chi connectivity index (χ2v) is 6.62. The second-order valence-electron chi connectivity index (χ2n) is 6.62. The molecule has 148 valence electrons. The highest BCUT2D eigenvalue weighted by atomic mass is 19.4. The molecular formula is C19H15F3N6O. The number of carbonyl (C=O) groups is 1. The fourth-order valence-corrected chi connectivity index (χ4v) is 3.32. The Morgan fingerprint density at radius 3 is 2.83 bits per heavy atom. The van der Waals surface area contributed by atoms with E-state index < -0.39 is 17.8 Å². The highest BCUT2D eigenvalue weighted by Crippen LogP contribution is 2.32. The number of hydrogen-bond acceptors (Lipinski definition) is 4. The van der Waals surface area contributed by atoms with Gasteiger partial charge in [-0.3, -0.25) is 9.48 Å². The lowest BCUT2D eigenvalue weighted by Crippen LogP contribution is -2.28. The quantitative estimate of drug-likeness (QED) is 0.685. The summed E-state index contributed by atoms with van der Waals surface area (Å²) in [5.74, 6) is 1.83. The first-order valence-electron chi connectivity index (χ1n) is 8.70. The van der Waals surface area contributed by atoms with E-state index in [0.29, 0.717) is 18.5 Å². The average Bonchev–Trinajstić information content (AvgIpc) is 3.36. The van der Waals surface area contributed by atoms with Gasteiger partial charge in [0.25, 0.3) is 5.91 Å². The normalized spacial score (nSPS) is 15.8. The van der Waals surface area contributed by atoms with E-state index in [1.54, 1.807) is 29.2 Å². The van der Waals surface area contributed by atoms with Crippen molar-refractivity contribution in [2.24, 2.45) is 7.05 Å². The van der Waals surface area contributed by atoms with Crippen molar-refractivity contribution in [3.05, 3.63) is 58.9 Å². The number of halogens is 3. The lowest BCUT2D eigenvalue weighted by atomic mass is 10.2. The van der Waals surface area contributed by atoms with Crippen LogP contribution in [0.25, 0.3) is 5.69 Å². The maximum absolute atomic E-state index is 12.8. The first-order valence-corrected chi connectivity index (χ1v) is 8.70. The predicted octanol–water partition coefficient (Wildman–Crippen LogP) is 2.42. The minimum Gasteiger partial charge on any atom is -0.344 e. The van der Waals surface area contributed by atoms with Gasteiger partial charge in [0.05, 0.1) is 17.4 Å². The average molecular weight is 400 g/mol. The molecule has 1 atom stereocenters. The van der Waals surface area contributed by atoms with Crippen LogP contribution in [0.4, 0.5) is 13.2 Å². The molecule has 1 amide bonds. The smallest absolute Gasteiger partial charge is 0.344 e. The molecule has 3 aromatic rings. The van der Waals surface area contributed by atoms with Crippen molar-refractivity contribution < 1.29 is 18.0 Å². The zero-order valence-electron chi connectivity index (χ0n) is 15.2. The molecule has 0 fully saturated rings. The molecule has 1 N–H and O–H groups in total. The molecule has 7 nitrogen and oxygen atoms in total. The van der Waals surface area contributed by atoms with Crippen LogP contribution in [-0.2, 0) is 19.6 Å². The van der Waals surface area contributed by atoms with E-state index in [2.05, 4.69) is 26.4 Å². The standard InChI is InChI=1S/C19H15F3N6O/c1-3-11-8-12(6-7-23-11)28-10-13-14(4-5-15(13)25-28)24-18(29)16-9-17(19(20,21)22)26-27(16)2/h1,6-10,14H,4-5H2,2H3,(H,24,29). The number of nitrogens with one attached hydrogen (secondary N) is 1. The number of alkyl halides is 3. The minimum atomic E-state index is -4.61. The lowest BCUT2D eigenvalue weighted by molar-refractivity contribution is -0.141. The maximum atomic E-state index is 12.8. The Balaban J connectivity index is 1.56. The van der Waals surface area contributed by atoms with Crippen molar-refractivity contribution >= 4 is 5.91 Å². The number of fused-ring (bicyclic) bond motifs is 1. The summed E-state index contributed by atoms with van der Waals surface area (Å²) in [6, 6.07) is 3.85. The second kappa shape index (κ2) is 6.77. The van der Waals surface area contributed by atoms with Crippen molar-refractivity contribution in [1.82, 2.24) is 29.9 Å². The van der Waals surface area contributed by atoms with Crippen LogP contribution in [-0.4, -0.2) is 30.5 Å². The molecular weight excluding hydrogens is 385 g/mol. The molecule has 0 spiro atoms. The van der Waals surface area contributed by atoms with E-state index in [4.69, 9.17) is 6.42 Å². The van der Waals surface area contributed by atoms with Crippen molar-refractivity contribution in [3.63, 3.8) is 0 Å². The molecule has 0 saturated carbocycles. The van der Waals surface area contributed by atoms with Gasteiger partial charge in [-0.2, -0.15) is 23.4 Å². The molecule has 0 saturated heterocycles. The zero-order valence-corrected chi connectivity index (χ0v) is 15.2. The van der Waals surface area contributed by atoms with Crippen LogP contribution >= 0.6 is 0 Å². The molecule has 0 bridgehead atoms. The van der Waals surface area contributed by atoms with E-state index >= 15 is 0 Å². The Hall–Kier alpha value is -3.61. The highest BCUT2D eigenvalue weighted by Gasteiger charge is 2.36. The summed E-state index contributed by atoms with van der Waals surface area (Å²) in [4.78, 5) is 16.6. The molecule has 1 aliphatic carbocycles. The number of hydrogen-bond donors (Lipinski definition) is 1. The summed E-state index contributed by atoms with van der Waals surface area (Å²) < 4.78 is 41.1. The fourth-order valence-electron chi connectivity index (χ4n) is 3.32. The van der Waals surface area contributed by atoms with Gasteiger partial charge in [0, 0.05) is 31.1 Å². The number of rotatable bonds is 3. The van der Waals surface area contributed by atoms with Crippen LogP contribution in [0.3, 0.4) is 0 Å². The zero-order chi connectivity index (χ0) is 20.8. The molecule has 3 heterocycles. The van der Waals surface area contributed by atoms with E-state index in [1.165, 1.54) is 7.05 Å². The minimum absolute atomic E-state index is 0.161. The number of carbonyl (C=O) groups excluding carboxylic acids is 1. The molecule has 1 aliphatic rings. The molecule has 0 aliphatic heterocycles. The first-order chi connectivity index (χ1) is 13.8. The molecule has 0 aromatic carbocycles. The number of amides is 1. The maximum Gasteiger partial charge on any atom is 0.435 e. The number of pyridine rings is 1. The van der Waals surface area contributed by atoms with Gasteiger partial charge < -0.3 is 5.32 Å². The van der Waals surface area contributed by atoms with Crippen molar-refractivity contribution in [1.29, 1.82) is 0 Å². The van der Waals surface area contributed by atoms with Gasteiger partial charge >= 0.3 is 6.18 Å². The summed E-state index contributed by atoms with van der Waals surface area (Å²) in [6.45, 7) is 0. The Kier molecular flexibility index (Phi) is 4.38. The van der Waals surface area contributed by atoms with Crippen LogP contribution in [0.2, 0.25) is 0 Å². The first kappa shape index (κ1) is 18.7. The van der Waals surface area contributed by atoms with E-state index in [-0.39, 0.29) is 11.7 Å². The van der Waals surface area contributed by atoms with Crippen LogP contribution in [0.15, 0.2) is 30.6 Å². The fraction of sp³-hybridized carbons (Fsp3) is 0.263. The van der Waals surface area contributed by atoms with Gasteiger partial charge in [0.1, 0.15) is 11.4 Å². The largest absolute Gasteiger partial charge is 0.435 e. The number of terminal acetylenes is 1. The van der Waals surface area contributed by atoms with Crippen molar-refractivity contribution in [2.45, 2.75) is 25.1 Å². The van der Waals surface area contributed by atoms with Gasteiger partial charge in [0.2, 0.25) is 0 Å². The molecule has 1 unspecified atom stereocenters. The highest BCUT2D eigenvalue weighted by molar-refractivity contribution is 5.93. The van der Waals surface area contributed by atoms with Gasteiger partial charge in [-0.25, -0.2) is 9.67 Å². The SMILES string of the molecule is C#Cc1cc(-n2cc3c(n2)CCC3NC(=O)c2cc(C(F)(F)F)nn2C)ccn1. The van der Waals surface area contributed by atoms with Crippen LogP contribution in [0, 0.1) is 12.3 Å². The van der Waals surface area contributed by atoms with Gasteiger partial charge in [-0.15, -0.1) is 6.42 Å². The topological polar surface area (TPSA) is 77.6 Å². The van der Waals surface area contributed by atoms with Gasteiger partial charge in [-0.1, -0.05) is 5.92 Å². The van der Waals surface area contributed by atoms with E-state index in [0.717, 1.165) is 27.7 Å². The van der Waals surface area contributed by atoms with Gasteiger partial charge in [-0.05, 0) is 25.0 Å². The molecule has 4 rings (SSSR count). The molecule has 0 radical (unpaired) electrons. The molecule has 3 aromatic heterocycles. The van der Waals surface area contributed by atoms with Crippen molar-refractivity contribution in [3.8, 4) is 18.0 Å². The molecule has 10 heteroatoms. The Labute approximate surface area is 163 Å². The van der Waals surface area contributed by atoms with Crippen LogP contribution in [0.5, 0.6) is 0 Å². The Bertz CT molecular complexity index is 1140. The van der Waals surface area contributed by atoms with Crippen LogP contribution < -0.4 is 5.32 Å². The van der Waals surface area contributed by atoms with Gasteiger partial charge in [0.15, 0.2) is 5.69 Å². The summed E-state index contributed by atoms with van der Waals surface area (Å²) in [6.07, 6.45) is 5.38. The third-order valence-electron chi connectivity index (χ3n) is 4.73. The number of aryl methyl sites for hydroxylation is 2.